The Morgan fingerprint density at radius 1 is 0.871 bits per heavy atom. The van der Waals surface area contributed by atoms with Gasteiger partial charge in [0.15, 0.2) is 11.3 Å². The molecular formula is C24H14Cl2N2O3. The number of halogens is 2. The second-order valence-electron chi connectivity index (χ2n) is 6.81. The zero-order valence-corrected chi connectivity index (χ0v) is 17.4. The van der Waals surface area contributed by atoms with Crippen LogP contribution in [0, 0.1) is 0 Å². The fourth-order valence-corrected chi connectivity index (χ4v) is 3.50. The van der Waals surface area contributed by atoms with E-state index in [1.54, 1.807) is 42.5 Å². The number of fused-ring (bicyclic) bond motifs is 1. The summed E-state index contributed by atoms with van der Waals surface area (Å²) >= 11 is 12.3. The quantitative estimate of drug-likeness (QED) is 0.312. The molecule has 5 rings (SSSR count). The monoisotopic (exact) mass is 448 g/mol. The number of benzene rings is 3. The third-order valence-corrected chi connectivity index (χ3v) is 5.29. The Bertz CT molecular complexity index is 1370. The minimum atomic E-state index is -0.383. The topological polar surface area (TPSA) is 68.3 Å². The second-order valence-corrected chi connectivity index (χ2v) is 7.65. The van der Waals surface area contributed by atoms with Gasteiger partial charge in [-0.15, -0.1) is 0 Å². The molecule has 31 heavy (non-hydrogen) atoms. The molecule has 0 radical (unpaired) electrons. The Hall–Kier alpha value is -3.54. The molecule has 0 spiro atoms. The number of carbonyl (C=O) groups is 1. The van der Waals surface area contributed by atoms with Gasteiger partial charge in [-0.05, 0) is 66.7 Å². The maximum atomic E-state index is 12.7. The number of aromatic nitrogens is 1. The lowest BCUT2D eigenvalue weighted by molar-refractivity contribution is 0.0997. The average molecular weight is 449 g/mol. The van der Waals surface area contributed by atoms with E-state index in [9.17, 15) is 4.79 Å². The summed E-state index contributed by atoms with van der Waals surface area (Å²) in [5.41, 5.74) is 3.34. The van der Waals surface area contributed by atoms with E-state index >= 15 is 0 Å². The Morgan fingerprint density at radius 2 is 1.68 bits per heavy atom. The molecule has 0 aliphatic heterocycles. The average Bonchev–Trinajstić information content (AvgIpc) is 3.43. The van der Waals surface area contributed by atoms with Gasteiger partial charge in [0.2, 0.25) is 5.89 Å². The minimum Gasteiger partial charge on any atom is -0.451 e. The number of amides is 1. The molecule has 5 aromatic rings. The van der Waals surface area contributed by atoms with Gasteiger partial charge >= 0.3 is 0 Å². The Morgan fingerprint density at radius 3 is 2.48 bits per heavy atom. The number of nitrogens with one attached hydrogen (secondary N) is 1. The molecule has 2 heterocycles. The van der Waals surface area contributed by atoms with Crippen molar-refractivity contribution in [2.24, 2.45) is 0 Å². The van der Waals surface area contributed by atoms with Gasteiger partial charge in [-0.3, -0.25) is 4.79 Å². The standard InChI is InChI=1S/C24H14Cl2N2O3/c25-15-7-5-14(6-8-15)20-11-12-22(30-20)23(29)27-16-9-10-18(26)17(13-16)24-28-19-3-1-2-4-21(19)31-24/h1-13H,(H,27,29). The molecule has 2 aromatic heterocycles. The Balaban J connectivity index is 1.39. The van der Waals surface area contributed by atoms with Crippen molar-refractivity contribution >= 4 is 45.9 Å². The van der Waals surface area contributed by atoms with Gasteiger partial charge in [-0.1, -0.05) is 35.3 Å². The smallest absolute Gasteiger partial charge is 0.291 e. The largest absolute Gasteiger partial charge is 0.451 e. The van der Waals surface area contributed by atoms with Crippen molar-refractivity contribution < 1.29 is 13.6 Å². The van der Waals surface area contributed by atoms with Gasteiger partial charge in [-0.25, -0.2) is 4.98 Å². The van der Waals surface area contributed by atoms with Crippen LogP contribution in [0.15, 0.2) is 87.7 Å². The number of hydrogen-bond donors (Lipinski definition) is 1. The molecule has 0 saturated heterocycles. The van der Waals surface area contributed by atoms with Gasteiger partial charge < -0.3 is 14.2 Å². The molecule has 0 aliphatic rings. The first-order valence-electron chi connectivity index (χ1n) is 9.39. The molecule has 7 heteroatoms. The van der Waals surface area contributed by atoms with Gasteiger partial charge in [0.05, 0.1) is 10.6 Å². The van der Waals surface area contributed by atoms with Crippen LogP contribution in [-0.4, -0.2) is 10.9 Å². The van der Waals surface area contributed by atoms with Crippen LogP contribution in [0.2, 0.25) is 10.0 Å². The van der Waals surface area contributed by atoms with E-state index in [0.717, 1.165) is 11.1 Å². The number of oxazole rings is 1. The van der Waals surface area contributed by atoms with Crippen molar-refractivity contribution in [1.29, 1.82) is 0 Å². The summed E-state index contributed by atoms with van der Waals surface area (Å²) in [6.07, 6.45) is 0. The third-order valence-electron chi connectivity index (χ3n) is 4.71. The normalized spacial score (nSPS) is 11.0. The van der Waals surface area contributed by atoms with Crippen LogP contribution >= 0.6 is 23.2 Å². The second kappa shape index (κ2) is 7.95. The molecule has 5 nitrogen and oxygen atoms in total. The molecule has 0 fully saturated rings. The zero-order chi connectivity index (χ0) is 21.4. The van der Waals surface area contributed by atoms with Gasteiger partial charge in [0.1, 0.15) is 11.3 Å². The number of nitrogens with zero attached hydrogens (tertiary/aromatic N) is 1. The van der Waals surface area contributed by atoms with E-state index in [4.69, 9.17) is 32.0 Å². The van der Waals surface area contributed by atoms with E-state index in [1.165, 1.54) is 0 Å². The van der Waals surface area contributed by atoms with Crippen molar-refractivity contribution in [1.82, 2.24) is 4.98 Å². The summed E-state index contributed by atoms with van der Waals surface area (Å²) in [6, 6.07) is 23.1. The van der Waals surface area contributed by atoms with Crippen molar-refractivity contribution in [2.75, 3.05) is 5.32 Å². The first kappa shape index (κ1) is 19.4. The van der Waals surface area contributed by atoms with E-state index in [0.29, 0.717) is 38.5 Å². The lowest BCUT2D eigenvalue weighted by Gasteiger charge is -2.06. The molecule has 3 aromatic carbocycles. The van der Waals surface area contributed by atoms with Crippen molar-refractivity contribution in [2.45, 2.75) is 0 Å². The molecule has 0 atom stereocenters. The number of carbonyl (C=O) groups excluding carboxylic acids is 1. The summed E-state index contributed by atoms with van der Waals surface area (Å²) in [5, 5.41) is 3.92. The zero-order valence-electron chi connectivity index (χ0n) is 15.9. The summed E-state index contributed by atoms with van der Waals surface area (Å²) in [4.78, 5) is 17.2. The lowest BCUT2D eigenvalue weighted by Crippen LogP contribution is -2.10. The molecule has 1 amide bonds. The predicted octanol–water partition coefficient (Wildman–Crippen LogP) is 7.31. The molecule has 0 aliphatic carbocycles. The predicted molar refractivity (Wildman–Crippen MR) is 122 cm³/mol. The van der Waals surface area contributed by atoms with Crippen molar-refractivity contribution in [3.63, 3.8) is 0 Å². The highest BCUT2D eigenvalue weighted by molar-refractivity contribution is 6.33. The van der Waals surface area contributed by atoms with Crippen LogP contribution < -0.4 is 5.32 Å². The van der Waals surface area contributed by atoms with Crippen LogP contribution in [0.3, 0.4) is 0 Å². The van der Waals surface area contributed by atoms with E-state index < -0.39 is 0 Å². The summed E-state index contributed by atoms with van der Waals surface area (Å²) in [6.45, 7) is 0. The van der Waals surface area contributed by atoms with Crippen LogP contribution in [-0.2, 0) is 0 Å². The van der Waals surface area contributed by atoms with Crippen LogP contribution in [0.5, 0.6) is 0 Å². The molecule has 0 unspecified atom stereocenters. The minimum absolute atomic E-state index is 0.184. The highest BCUT2D eigenvalue weighted by atomic mass is 35.5. The number of anilines is 1. The molecule has 0 saturated carbocycles. The number of hydrogen-bond acceptors (Lipinski definition) is 4. The molecule has 152 valence electrons. The summed E-state index contributed by atoms with van der Waals surface area (Å²) in [7, 11) is 0. The van der Waals surface area contributed by atoms with E-state index in [-0.39, 0.29) is 11.7 Å². The molecule has 0 bridgehead atoms. The van der Waals surface area contributed by atoms with Crippen LogP contribution in [0.4, 0.5) is 5.69 Å². The first-order valence-corrected chi connectivity index (χ1v) is 10.1. The van der Waals surface area contributed by atoms with Crippen molar-refractivity contribution in [3.8, 4) is 22.8 Å². The highest BCUT2D eigenvalue weighted by Crippen LogP contribution is 2.32. The SMILES string of the molecule is O=C(Nc1ccc(Cl)c(-c2nc3ccccc3o2)c1)c1ccc(-c2ccc(Cl)cc2)o1. The van der Waals surface area contributed by atoms with E-state index in [1.807, 2.05) is 36.4 Å². The summed E-state index contributed by atoms with van der Waals surface area (Å²) in [5.74, 6) is 0.754. The molecular weight excluding hydrogens is 435 g/mol. The van der Waals surface area contributed by atoms with Gasteiger partial charge in [0, 0.05) is 16.3 Å². The summed E-state index contributed by atoms with van der Waals surface area (Å²) < 4.78 is 11.5. The molecule has 1 N–H and O–H groups in total. The maximum absolute atomic E-state index is 12.7. The number of para-hydroxylation sites is 2. The fourth-order valence-electron chi connectivity index (χ4n) is 3.18. The first-order chi connectivity index (χ1) is 15.1. The van der Waals surface area contributed by atoms with Crippen molar-refractivity contribution in [3.05, 3.63) is 94.7 Å². The van der Waals surface area contributed by atoms with Crippen LogP contribution in [0.1, 0.15) is 10.6 Å². The van der Waals surface area contributed by atoms with Crippen LogP contribution in [0.25, 0.3) is 33.9 Å². The third kappa shape index (κ3) is 3.93. The highest BCUT2D eigenvalue weighted by Gasteiger charge is 2.16. The van der Waals surface area contributed by atoms with E-state index in [2.05, 4.69) is 10.3 Å². The number of rotatable bonds is 4. The Kier molecular flexibility index (Phi) is 4.98. The fraction of sp³-hybridized carbons (Fsp3) is 0. The maximum Gasteiger partial charge on any atom is 0.291 e. The van der Waals surface area contributed by atoms with Gasteiger partial charge in [0.25, 0.3) is 5.91 Å². The lowest BCUT2D eigenvalue weighted by atomic mass is 10.2. The Labute approximate surface area is 187 Å². The number of furan rings is 1. The van der Waals surface area contributed by atoms with Gasteiger partial charge in [-0.2, -0.15) is 0 Å².